The Balaban J connectivity index is 2.60. The van der Waals surface area contributed by atoms with Crippen molar-refractivity contribution in [1.29, 1.82) is 5.41 Å². The van der Waals surface area contributed by atoms with E-state index in [0.29, 0.717) is 12.8 Å². The maximum Gasteiger partial charge on any atom is 0.242 e. The molecule has 0 spiro atoms. The van der Waals surface area contributed by atoms with Crippen molar-refractivity contribution >= 4 is 15.9 Å². The van der Waals surface area contributed by atoms with Crippen LogP contribution in [0.25, 0.3) is 0 Å². The van der Waals surface area contributed by atoms with Gasteiger partial charge in [-0.25, -0.2) is 17.5 Å². The average Bonchev–Trinajstić information content (AvgIpc) is 2.24. The van der Waals surface area contributed by atoms with Crippen molar-refractivity contribution in [2.75, 3.05) is 6.54 Å². The van der Waals surface area contributed by atoms with Gasteiger partial charge in [0.1, 0.15) is 10.7 Å². The topological polar surface area (TPSA) is 109 Å². The molecule has 0 aliphatic rings. The van der Waals surface area contributed by atoms with Crippen molar-refractivity contribution in [2.24, 2.45) is 5.73 Å². The molecular formula is C9H13FN4O2S. The molecule has 8 heteroatoms. The highest BCUT2D eigenvalue weighted by molar-refractivity contribution is 7.89. The van der Waals surface area contributed by atoms with Crippen LogP contribution in [-0.2, 0) is 10.0 Å². The molecular weight excluding hydrogens is 247 g/mol. The lowest BCUT2D eigenvalue weighted by atomic mass is 10.3. The van der Waals surface area contributed by atoms with Crippen LogP contribution < -0.4 is 10.5 Å². The van der Waals surface area contributed by atoms with E-state index in [1.165, 1.54) is 0 Å². The Bertz CT molecular complexity index is 503. The van der Waals surface area contributed by atoms with E-state index in [9.17, 15) is 12.8 Å². The molecule has 0 unspecified atom stereocenters. The van der Waals surface area contributed by atoms with Crippen molar-refractivity contribution < 1.29 is 12.8 Å². The number of aromatic nitrogens is 1. The highest BCUT2D eigenvalue weighted by Crippen LogP contribution is 2.08. The van der Waals surface area contributed by atoms with Gasteiger partial charge in [0.25, 0.3) is 0 Å². The molecule has 0 saturated heterocycles. The number of halogens is 1. The first kappa shape index (κ1) is 13.5. The minimum Gasteiger partial charge on any atom is -0.388 e. The smallest absolute Gasteiger partial charge is 0.242 e. The van der Waals surface area contributed by atoms with Gasteiger partial charge in [-0.05, 0) is 12.5 Å². The minimum atomic E-state index is -3.74. The van der Waals surface area contributed by atoms with Crippen molar-refractivity contribution in [2.45, 2.75) is 17.7 Å². The molecule has 0 aromatic carbocycles. The molecule has 1 heterocycles. The van der Waals surface area contributed by atoms with Gasteiger partial charge < -0.3 is 5.73 Å². The monoisotopic (exact) mass is 260 g/mol. The summed E-state index contributed by atoms with van der Waals surface area (Å²) in [6.07, 6.45) is 2.71. The molecule has 0 fully saturated rings. The lowest BCUT2D eigenvalue weighted by molar-refractivity contribution is 0.574. The van der Waals surface area contributed by atoms with E-state index in [1.54, 1.807) is 0 Å². The summed E-state index contributed by atoms with van der Waals surface area (Å²) in [5.74, 6) is -0.715. The molecule has 0 radical (unpaired) electrons. The van der Waals surface area contributed by atoms with Crippen LogP contribution in [-0.4, -0.2) is 25.8 Å². The first-order chi connectivity index (χ1) is 7.92. The molecule has 0 saturated carbocycles. The zero-order chi connectivity index (χ0) is 12.9. The summed E-state index contributed by atoms with van der Waals surface area (Å²) >= 11 is 0. The van der Waals surface area contributed by atoms with Crippen molar-refractivity contribution in [3.63, 3.8) is 0 Å². The summed E-state index contributed by atoms with van der Waals surface area (Å²) in [6.45, 7) is 0.137. The van der Waals surface area contributed by atoms with E-state index in [1.807, 2.05) is 0 Å². The summed E-state index contributed by atoms with van der Waals surface area (Å²) in [6, 6.07) is 0.889. The summed E-state index contributed by atoms with van der Waals surface area (Å²) in [5.41, 5.74) is 5.12. The number of hydrogen-bond donors (Lipinski definition) is 3. The Hall–Kier alpha value is -1.54. The number of pyridine rings is 1. The standard InChI is InChI=1S/C9H13FN4O2S/c10-7-4-8(6-13-5-7)17(15,16)14-3-1-2-9(11)12/h4-6,14H,1-3H2,(H3,11,12). The number of rotatable bonds is 6. The van der Waals surface area contributed by atoms with Crippen molar-refractivity contribution in [3.8, 4) is 0 Å². The third kappa shape index (κ3) is 4.45. The van der Waals surface area contributed by atoms with Crippen LogP contribution in [0.4, 0.5) is 4.39 Å². The molecule has 0 aliphatic heterocycles. The van der Waals surface area contributed by atoms with Crippen LogP contribution in [0.1, 0.15) is 12.8 Å². The van der Waals surface area contributed by atoms with E-state index in [2.05, 4.69) is 9.71 Å². The molecule has 1 aromatic rings. The molecule has 0 bridgehead atoms. The van der Waals surface area contributed by atoms with E-state index < -0.39 is 15.8 Å². The SMILES string of the molecule is N=C(N)CCCNS(=O)(=O)c1cncc(F)c1. The second-order valence-electron chi connectivity index (χ2n) is 3.37. The highest BCUT2D eigenvalue weighted by atomic mass is 32.2. The fourth-order valence-corrected chi connectivity index (χ4v) is 2.16. The number of nitrogens with one attached hydrogen (secondary N) is 2. The molecule has 0 atom stereocenters. The normalized spacial score (nSPS) is 11.4. The Morgan fingerprint density at radius 1 is 1.53 bits per heavy atom. The number of amidine groups is 1. The zero-order valence-electron chi connectivity index (χ0n) is 8.98. The van der Waals surface area contributed by atoms with Gasteiger partial charge in [-0.3, -0.25) is 10.4 Å². The largest absolute Gasteiger partial charge is 0.388 e. The van der Waals surface area contributed by atoms with Crippen LogP contribution in [0, 0.1) is 11.2 Å². The summed E-state index contributed by atoms with van der Waals surface area (Å²) in [4.78, 5) is 3.24. The number of sulfonamides is 1. The van der Waals surface area contributed by atoms with Crippen molar-refractivity contribution in [3.05, 3.63) is 24.3 Å². The van der Waals surface area contributed by atoms with Crippen LogP contribution in [0.15, 0.2) is 23.4 Å². The zero-order valence-corrected chi connectivity index (χ0v) is 9.80. The second kappa shape index (κ2) is 5.69. The minimum absolute atomic E-state index is 0.00313. The van der Waals surface area contributed by atoms with Gasteiger partial charge in [0, 0.05) is 19.2 Å². The fourth-order valence-electron chi connectivity index (χ4n) is 1.11. The van der Waals surface area contributed by atoms with Crippen LogP contribution in [0.3, 0.4) is 0 Å². The maximum absolute atomic E-state index is 12.8. The van der Waals surface area contributed by atoms with Gasteiger partial charge in [0.2, 0.25) is 10.0 Å². The first-order valence-electron chi connectivity index (χ1n) is 4.85. The molecule has 94 valence electrons. The van der Waals surface area contributed by atoms with Gasteiger partial charge in [-0.2, -0.15) is 0 Å². The number of nitrogens with zero attached hydrogens (tertiary/aromatic N) is 1. The van der Waals surface area contributed by atoms with Crippen LogP contribution >= 0.6 is 0 Å². The van der Waals surface area contributed by atoms with E-state index in [-0.39, 0.29) is 17.3 Å². The quantitative estimate of drug-likeness (QED) is 0.386. The summed E-state index contributed by atoms with van der Waals surface area (Å²) in [5, 5.41) is 6.96. The second-order valence-corrected chi connectivity index (χ2v) is 5.13. The third-order valence-electron chi connectivity index (χ3n) is 1.91. The van der Waals surface area contributed by atoms with Gasteiger partial charge in [-0.1, -0.05) is 0 Å². The van der Waals surface area contributed by atoms with Gasteiger partial charge in [-0.15, -0.1) is 0 Å². The van der Waals surface area contributed by atoms with Gasteiger partial charge >= 0.3 is 0 Å². The predicted molar refractivity (Wildman–Crippen MR) is 60.5 cm³/mol. The summed E-state index contributed by atoms with van der Waals surface area (Å²) < 4.78 is 38.3. The lowest BCUT2D eigenvalue weighted by Crippen LogP contribution is -2.26. The van der Waals surface area contributed by atoms with E-state index >= 15 is 0 Å². The number of nitrogens with two attached hydrogens (primary N) is 1. The molecule has 1 rings (SSSR count). The summed E-state index contributed by atoms with van der Waals surface area (Å²) in [7, 11) is -3.74. The Morgan fingerprint density at radius 2 is 2.24 bits per heavy atom. The molecule has 6 nitrogen and oxygen atoms in total. The van der Waals surface area contributed by atoms with Gasteiger partial charge in [0.15, 0.2) is 0 Å². The molecule has 0 amide bonds. The lowest BCUT2D eigenvalue weighted by Gasteiger charge is -2.05. The van der Waals surface area contributed by atoms with E-state index in [0.717, 1.165) is 18.5 Å². The molecule has 0 aliphatic carbocycles. The Labute approximate surface area is 98.6 Å². The number of hydrogen-bond acceptors (Lipinski definition) is 4. The fraction of sp³-hybridized carbons (Fsp3) is 0.333. The Kier molecular flexibility index (Phi) is 4.53. The highest BCUT2D eigenvalue weighted by Gasteiger charge is 2.14. The Morgan fingerprint density at radius 3 is 2.82 bits per heavy atom. The molecule has 1 aromatic heterocycles. The van der Waals surface area contributed by atoms with Crippen molar-refractivity contribution in [1.82, 2.24) is 9.71 Å². The van der Waals surface area contributed by atoms with Crippen LogP contribution in [0.2, 0.25) is 0 Å². The molecule has 4 N–H and O–H groups in total. The van der Waals surface area contributed by atoms with Gasteiger partial charge in [0.05, 0.1) is 12.0 Å². The third-order valence-corrected chi connectivity index (χ3v) is 3.33. The first-order valence-corrected chi connectivity index (χ1v) is 6.33. The van der Waals surface area contributed by atoms with Crippen LogP contribution in [0.5, 0.6) is 0 Å². The predicted octanol–water partition coefficient (Wildman–Crippen LogP) is 0.215. The molecule has 17 heavy (non-hydrogen) atoms. The van der Waals surface area contributed by atoms with E-state index in [4.69, 9.17) is 11.1 Å². The maximum atomic E-state index is 12.8. The average molecular weight is 260 g/mol.